The fourth-order valence-corrected chi connectivity index (χ4v) is 2.05. The standard InChI is InChI=1S/C12H17NO3/c1-8-4-5-9-6-11(15-2)12(16-3)7-10(9)13(8)14/h6-8,14H,4-5H2,1-3H3. The molecule has 1 heterocycles. The summed E-state index contributed by atoms with van der Waals surface area (Å²) >= 11 is 0. The molecule has 1 N–H and O–H groups in total. The van der Waals surface area contributed by atoms with Crippen LogP contribution >= 0.6 is 0 Å². The minimum absolute atomic E-state index is 0.144. The van der Waals surface area contributed by atoms with Crippen molar-refractivity contribution in [3.63, 3.8) is 0 Å². The lowest BCUT2D eigenvalue weighted by Gasteiger charge is -2.32. The lowest BCUT2D eigenvalue weighted by molar-refractivity contribution is 0.209. The van der Waals surface area contributed by atoms with Gasteiger partial charge in [-0.05, 0) is 31.4 Å². The first-order valence-corrected chi connectivity index (χ1v) is 5.40. The Labute approximate surface area is 95.4 Å². The molecule has 2 rings (SSSR count). The Kier molecular flexibility index (Phi) is 2.92. The van der Waals surface area contributed by atoms with Crippen LogP contribution in [0.2, 0.25) is 0 Å². The van der Waals surface area contributed by atoms with Crippen LogP contribution in [0.15, 0.2) is 12.1 Å². The highest BCUT2D eigenvalue weighted by Gasteiger charge is 2.23. The molecule has 1 aliphatic rings. The van der Waals surface area contributed by atoms with Crippen LogP contribution in [0.25, 0.3) is 0 Å². The van der Waals surface area contributed by atoms with E-state index in [-0.39, 0.29) is 6.04 Å². The van der Waals surface area contributed by atoms with Crippen LogP contribution in [-0.4, -0.2) is 25.5 Å². The molecule has 16 heavy (non-hydrogen) atoms. The van der Waals surface area contributed by atoms with Crippen LogP contribution in [0, 0.1) is 0 Å². The van der Waals surface area contributed by atoms with E-state index in [4.69, 9.17) is 9.47 Å². The van der Waals surface area contributed by atoms with Gasteiger partial charge in [0, 0.05) is 6.07 Å². The van der Waals surface area contributed by atoms with Gasteiger partial charge in [0.15, 0.2) is 11.5 Å². The summed E-state index contributed by atoms with van der Waals surface area (Å²) in [7, 11) is 3.21. The number of fused-ring (bicyclic) bond motifs is 1. The van der Waals surface area contributed by atoms with Gasteiger partial charge in [-0.25, -0.2) is 0 Å². The number of anilines is 1. The average Bonchev–Trinajstić information content (AvgIpc) is 2.32. The molecule has 0 saturated carbocycles. The molecule has 0 aliphatic carbocycles. The smallest absolute Gasteiger partial charge is 0.162 e. The predicted octanol–water partition coefficient (Wildman–Crippen LogP) is 2.23. The molecule has 0 fully saturated rings. The van der Waals surface area contributed by atoms with Crippen LogP contribution in [-0.2, 0) is 6.42 Å². The Morgan fingerprint density at radius 1 is 1.25 bits per heavy atom. The summed E-state index contributed by atoms with van der Waals surface area (Å²) in [6.45, 7) is 2.00. The number of aryl methyl sites for hydroxylation is 1. The van der Waals surface area contributed by atoms with Gasteiger partial charge >= 0.3 is 0 Å². The number of methoxy groups -OCH3 is 2. The third-order valence-electron chi connectivity index (χ3n) is 3.08. The van der Waals surface area contributed by atoms with Gasteiger partial charge in [0.1, 0.15) is 0 Å². The molecule has 4 nitrogen and oxygen atoms in total. The molecule has 0 spiro atoms. The number of hydrogen-bond donors (Lipinski definition) is 1. The monoisotopic (exact) mass is 223 g/mol. The molecule has 1 aromatic rings. The Morgan fingerprint density at radius 3 is 2.50 bits per heavy atom. The van der Waals surface area contributed by atoms with Crippen molar-refractivity contribution in [2.24, 2.45) is 0 Å². The Morgan fingerprint density at radius 2 is 1.88 bits per heavy atom. The molecule has 0 saturated heterocycles. The van der Waals surface area contributed by atoms with E-state index >= 15 is 0 Å². The quantitative estimate of drug-likeness (QED) is 0.834. The normalized spacial score (nSPS) is 19.2. The van der Waals surface area contributed by atoms with E-state index in [1.807, 2.05) is 19.1 Å². The SMILES string of the molecule is COc1cc2c(cc1OC)N(O)C(C)CC2. The molecule has 0 bridgehead atoms. The van der Waals surface area contributed by atoms with Gasteiger partial charge in [0.25, 0.3) is 0 Å². The topological polar surface area (TPSA) is 41.9 Å². The van der Waals surface area contributed by atoms with E-state index in [1.165, 1.54) is 5.06 Å². The van der Waals surface area contributed by atoms with Gasteiger partial charge in [0.2, 0.25) is 0 Å². The summed E-state index contributed by atoms with van der Waals surface area (Å²) in [4.78, 5) is 0. The molecule has 0 radical (unpaired) electrons. The number of rotatable bonds is 2. The Hall–Kier alpha value is -1.42. The first-order valence-electron chi connectivity index (χ1n) is 5.40. The van der Waals surface area contributed by atoms with E-state index in [2.05, 4.69) is 0 Å². The number of benzene rings is 1. The number of nitrogens with zero attached hydrogens (tertiary/aromatic N) is 1. The summed E-state index contributed by atoms with van der Waals surface area (Å²) in [5, 5.41) is 11.3. The second-order valence-corrected chi connectivity index (χ2v) is 4.07. The lowest BCUT2D eigenvalue weighted by Crippen LogP contribution is -2.34. The molecule has 4 heteroatoms. The molecule has 88 valence electrons. The molecular weight excluding hydrogens is 206 g/mol. The first-order chi connectivity index (χ1) is 7.67. The van der Waals surface area contributed by atoms with Crippen molar-refractivity contribution in [2.45, 2.75) is 25.8 Å². The maximum atomic E-state index is 9.95. The predicted molar refractivity (Wildman–Crippen MR) is 61.6 cm³/mol. The van der Waals surface area contributed by atoms with Gasteiger partial charge < -0.3 is 9.47 Å². The highest BCUT2D eigenvalue weighted by atomic mass is 16.5. The zero-order chi connectivity index (χ0) is 11.7. The first kappa shape index (κ1) is 11.1. The largest absolute Gasteiger partial charge is 0.493 e. The molecule has 0 aromatic heterocycles. The van der Waals surface area contributed by atoms with Crippen LogP contribution < -0.4 is 14.5 Å². The van der Waals surface area contributed by atoms with Gasteiger partial charge in [0.05, 0.1) is 25.9 Å². The van der Waals surface area contributed by atoms with Gasteiger partial charge in [-0.2, -0.15) is 0 Å². The number of ether oxygens (including phenoxy) is 2. The molecule has 1 aliphatic heterocycles. The summed E-state index contributed by atoms with van der Waals surface area (Å²) in [5.41, 5.74) is 1.91. The second kappa shape index (κ2) is 4.22. The van der Waals surface area contributed by atoms with Crippen LogP contribution in [0.4, 0.5) is 5.69 Å². The Bertz CT molecular complexity index is 392. The fraction of sp³-hybridized carbons (Fsp3) is 0.500. The van der Waals surface area contributed by atoms with Gasteiger partial charge in [-0.1, -0.05) is 0 Å². The van der Waals surface area contributed by atoms with Crippen LogP contribution in [0.3, 0.4) is 0 Å². The molecule has 1 atom stereocenters. The zero-order valence-electron chi connectivity index (χ0n) is 9.86. The molecule has 1 unspecified atom stereocenters. The highest BCUT2D eigenvalue weighted by Crippen LogP contribution is 2.38. The maximum absolute atomic E-state index is 9.95. The Balaban J connectivity index is 2.48. The van der Waals surface area contributed by atoms with Crippen molar-refractivity contribution in [3.05, 3.63) is 17.7 Å². The van der Waals surface area contributed by atoms with E-state index < -0.39 is 0 Å². The number of hydrogen-bond acceptors (Lipinski definition) is 4. The van der Waals surface area contributed by atoms with Crippen molar-refractivity contribution in [3.8, 4) is 11.5 Å². The summed E-state index contributed by atoms with van der Waals surface area (Å²) < 4.78 is 10.5. The summed E-state index contributed by atoms with van der Waals surface area (Å²) in [5.74, 6) is 1.36. The summed E-state index contributed by atoms with van der Waals surface area (Å²) in [6.07, 6.45) is 1.90. The van der Waals surface area contributed by atoms with E-state index in [9.17, 15) is 5.21 Å². The maximum Gasteiger partial charge on any atom is 0.162 e. The second-order valence-electron chi connectivity index (χ2n) is 4.07. The fourth-order valence-electron chi connectivity index (χ4n) is 2.05. The third-order valence-corrected chi connectivity index (χ3v) is 3.08. The minimum atomic E-state index is 0.144. The zero-order valence-corrected chi connectivity index (χ0v) is 9.86. The van der Waals surface area contributed by atoms with Crippen LogP contribution in [0.5, 0.6) is 11.5 Å². The van der Waals surface area contributed by atoms with Crippen molar-refractivity contribution in [2.75, 3.05) is 19.3 Å². The van der Waals surface area contributed by atoms with Gasteiger partial charge in [-0.3, -0.25) is 10.3 Å². The van der Waals surface area contributed by atoms with E-state index in [1.54, 1.807) is 14.2 Å². The average molecular weight is 223 g/mol. The third kappa shape index (κ3) is 1.69. The minimum Gasteiger partial charge on any atom is -0.493 e. The van der Waals surface area contributed by atoms with Crippen molar-refractivity contribution in [1.29, 1.82) is 0 Å². The van der Waals surface area contributed by atoms with Crippen molar-refractivity contribution in [1.82, 2.24) is 0 Å². The molecular formula is C12H17NO3. The van der Waals surface area contributed by atoms with Crippen molar-refractivity contribution < 1.29 is 14.7 Å². The highest BCUT2D eigenvalue weighted by molar-refractivity contribution is 5.62. The number of hydroxylamine groups is 1. The molecule has 0 amide bonds. The van der Waals surface area contributed by atoms with E-state index in [0.29, 0.717) is 11.5 Å². The van der Waals surface area contributed by atoms with Crippen molar-refractivity contribution >= 4 is 5.69 Å². The molecule has 1 aromatic carbocycles. The van der Waals surface area contributed by atoms with Gasteiger partial charge in [-0.15, -0.1) is 0 Å². The van der Waals surface area contributed by atoms with E-state index in [0.717, 1.165) is 24.1 Å². The summed E-state index contributed by atoms with van der Waals surface area (Å²) in [6, 6.07) is 3.90. The van der Waals surface area contributed by atoms with Crippen LogP contribution in [0.1, 0.15) is 18.9 Å². The lowest BCUT2D eigenvalue weighted by atomic mass is 9.98.